The zero-order valence-electron chi connectivity index (χ0n) is 19.0. The van der Waals surface area contributed by atoms with Crippen LogP contribution in [0.3, 0.4) is 0 Å². The molecule has 0 saturated carbocycles. The van der Waals surface area contributed by atoms with Crippen LogP contribution in [0.5, 0.6) is 5.75 Å². The van der Waals surface area contributed by atoms with Gasteiger partial charge < -0.3 is 14.5 Å². The summed E-state index contributed by atoms with van der Waals surface area (Å²) in [5, 5.41) is 0. The van der Waals surface area contributed by atoms with E-state index in [0.717, 1.165) is 42.4 Å². The Kier molecular flexibility index (Phi) is 6.69. The molecule has 1 fully saturated rings. The summed E-state index contributed by atoms with van der Waals surface area (Å²) in [7, 11) is 0. The second-order valence-electron chi connectivity index (χ2n) is 8.29. The molecule has 0 N–H and O–H groups in total. The second-order valence-corrected chi connectivity index (χ2v) is 8.29. The van der Waals surface area contributed by atoms with Gasteiger partial charge in [-0.1, -0.05) is 48.0 Å². The van der Waals surface area contributed by atoms with E-state index >= 15 is 0 Å². The average Bonchev–Trinajstić information content (AvgIpc) is 2.80. The van der Waals surface area contributed by atoms with Crippen molar-refractivity contribution >= 4 is 11.7 Å². The van der Waals surface area contributed by atoms with E-state index < -0.39 is 0 Å². The lowest BCUT2D eigenvalue weighted by Gasteiger charge is -2.36. The molecule has 6 nitrogen and oxygen atoms in total. The third-order valence-electron chi connectivity index (χ3n) is 5.80. The third kappa shape index (κ3) is 5.25. The van der Waals surface area contributed by atoms with Crippen LogP contribution >= 0.6 is 0 Å². The Balaban J connectivity index is 1.43. The molecule has 1 aromatic heterocycles. The van der Waals surface area contributed by atoms with Crippen molar-refractivity contribution in [2.75, 3.05) is 37.7 Å². The summed E-state index contributed by atoms with van der Waals surface area (Å²) >= 11 is 0. The Hall–Kier alpha value is -3.41. The van der Waals surface area contributed by atoms with Crippen molar-refractivity contribution in [3.63, 3.8) is 0 Å². The number of nitrogens with zero attached hydrogens (tertiary/aromatic N) is 4. The number of piperazine rings is 1. The van der Waals surface area contributed by atoms with Crippen LogP contribution in [0.4, 0.5) is 5.82 Å². The van der Waals surface area contributed by atoms with Crippen LogP contribution in [0.2, 0.25) is 0 Å². The van der Waals surface area contributed by atoms with Crippen LogP contribution in [0.1, 0.15) is 28.2 Å². The van der Waals surface area contributed by atoms with Crippen LogP contribution in [-0.2, 0) is 11.2 Å². The highest BCUT2D eigenvalue weighted by molar-refractivity contribution is 5.78. The predicted octanol–water partition coefficient (Wildman–Crippen LogP) is 3.72. The number of aromatic nitrogens is 2. The van der Waals surface area contributed by atoms with E-state index in [-0.39, 0.29) is 12.5 Å². The summed E-state index contributed by atoms with van der Waals surface area (Å²) in [5.41, 5.74) is 4.69. The Morgan fingerprint density at radius 1 is 0.938 bits per heavy atom. The zero-order chi connectivity index (χ0) is 22.5. The summed E-state index contributed by atoms with van der Waals surface area (Å²) in [6.45, 7) is 8.97. The molecular formula is C26H30N4O2. The number of carbonyl (C=O) groups is 1. The highest BCUT2D eigenvalue weighted by Crippen LogP contribution is 2.25. The summed E-state index contributed by atoms with van der Waals surface area (Å²) < 4.78 is 5.63. The summed E-state index contributed by atoms with van der Waals surface area (Å²) in [5.74, 6) is 2.50. The van der Waals surface area contributed by atoms with Gasteiger partial charge in [0.15, 0.2) is 6.61 Å². The lowest BCUT2D eigenvalue weighted by Crippen LogP contribution is -2.50. The van der Waals surface area contributed by atoms with Crippen LogP contribution in [0.25, 0.3) is 0 Å². The van der Waals surface area contributed by atoms with Crippen LogP contribution in [0, 0.1) is 20.8 Å². The van der Waals surface area contributed by atoms with E-state index in [1.54, 1.807) is 0 Å². The molecule has 1 aliphatic heterocycles. The molecule has 1 amide bonds. The quantitative estimate of drug-likeness (QED) is 0.597. The van der Waals surface area contributed by atoms with Gasteiger partial charge in [-0.05, 0) is 38.5 Å². The monoisotopic (exact) mass is 430 g/mol. The van der Waals surface area contributed by atoms with Gasteiger partial charge in [-0.15, -0.1) is 0 Å². The first-order chi connectivity index (χ1) is 15.5. The number of carbonyl (C=O) groups excluding carboxylic acids is 1. The maximum atomic E-state index is 12.6. The highest BCUT2D eigenvalue weighted by atomic mass is 16.5. The molecule has 0 atom stereocenters. The van der Waals surface area contributed by atoms with Gasteiger partial charge in [-0.2, -0.15) is 0 Å². The van der Waals surface area contributed by atoms with Gasteiger partial charge >= 0.3 is 0 Å². The normalized spacial score (nSPS) is 13.8. The highest BCUT2D eigenvalue weighted by Gasteiger charge is 2.25. The SMILES string of the molecule is Cc1cccc(Cc2c(C)nc(C)nc2N2CCN(C(=O)COc3ccccc3)CC2)c1. The van der Waals surface area contributed by atoms with E-state index in [1.165, 1.54) is 11.1 Å². The number of ether oxygens (including phenoxy) is 1. The summed E-state index contributed by atoms with van der Waals surface area (Å²) in [4.78, 5) is 26.2. The number of benzene rings is 2. The zero-order valence-corrected chi connectivity index (χ0v) is 19.0. The van der Waals surface area contributed by atoms with E-state index in [4.69, 9.17) is 9.72 Å². The van der Waals surface area contributed by atoms with Crippen molar-refractivity contribution in [2.45, 2.75) is 27.2 Å². The lowest BCUT2D eigenvalue weighted by atomic mass is 10.0. The standard InChI is InChI=1S/C26H30N4O2/c1-19-8-7-9-22(16-19)17-24-20(2)27-21(3)28-26(24)30-14-12-29(13-15-30)25(31)18-32-23-10-5-4-6-11-23/h4-11,16H,12-15,17-18H2,1-3H3. The van der Waals surface area contributed by atoms with E-state index in [1.807, 2.05) is 42.2 Å². The molecule has 2 aromatic carbocycles. The predicted molar refractivity (Wildman–Crippen MR) is 126 cm³/mol. The molecule has 0 aliphatic carbocycles. The third-order valence-corrected chi connectivity index (χ3v) is 5.80. The van der Waals surface area contributed by atoms with Crippen molar-refractivity contribution < 1.29 is 9.53 Å². The van der Waals surface area contributed by atoms with Gasteiger partial charge in [0.2, 0.25) is 0 Å². The molecule has 4 rings (SSSR count). The van der Waals surface area contributed by atoms with Gasteiger partial charge in [0.05, 0.1) is 0 Å². The van der Waals surface area contributed by atoms with Crippen molar-refractivity contribution in [1.29, 1.82) is 0 Å². The largest absolute Gasteiger partial charge is 0.484 e. The Morgan fingerprint density at radius 3 is 2.41 bits per heavy atom. The van der Waals surface area contributed by atoms with Gasteiger partial charge in [-0.25, -0.2) is 9.97 Å². The molecule has 0 bridgehead atoms. The Labute approximate surface area is 189 Å². The molecule has 32 heavy (non-hydrogen) atoms. The molecule has 3 aromatic rings. The van der Waals surface area contributed by atoms with Crippen LogP contribution < -0.4 is 9.64 Å². The van der Waals surface area contributed by atoms with E-state index in [9.17, 15) is 4.79 Å². The average molecular weight is 431 g/mol. The van der Waals surface area contributed by atoms with Crippen LogP contribution in [-0.4, -0.2) is 53.6 Å². The molecule has 0 unspecified atom stereocenters. The first-order valence-corrected chi connectivity index (χ1v) is 11.1. The molecule has 1 saturated heterocycles. The first kappa shape index (κ1) is 21.8. The van der Waals surface area contributed by atoms with Crippen LogP contribution in [0.15, 0.2) is 54.6 Å². The molecular weight excluding hydrogens is 400 g/mol. The molecule has 0 radical (unpaired) electrons. The number of amides is 1. The minimum Gasteiger partial charge on any atom is -0.484 e. The van der Waals surface area contributed by atoms with Crippen molar-refractivity contribution in [2.24, 2.45) is 0 Å². The number of anilines is 1. The fraction of sp³-hybridized carbons (Fsp3) is 0.346. The van der Waals surface area contributed by atoms with E-state index in [2.05, 4.69) is 48.0 Å². The fourth-order valence-electron chi connectivity index (χ4n) is 4.13. The lowest BCUT2D eigenvalue weighted by molar-refractivity contribution is -0.133. The minimum atomic E-state index is 0.0172. The number of hydrogen-bond donors (Lipinski definition) is 0. The number of hydrogen-bond acceptors (Lipinski definition) is 5. The second kappa shape index (κ2) is 9.81. The van der Waals surface area contributed by atoms with Gasteiger partial charge in [-0.3, -0.25) is 4.79 Å². The first-order valence-electron chi connectivity index (χ1n) is 11.1. The summed E-state index contributed by atoms with van der Waals surface area (Å²) in [6, 6.07) is 18.0. The minimum absolute atomic E-state index is 0.0172. The Bertz CT molecular complexity index is 1080. The van der Waals surface area contributed by atoms with Crippen molar-refractivity contribution in [3.05, 3.63) is 82.8 Å². The maximum Gasteiger partial charge on any atom is 0.260 e. The molecule has 166 valence electrons. The van der Waals surface area contributed by atoms with Gasteiger partial charge in [0, 0.05) is 43.9 Å². The fourth-order valence-corrected chi connectivity index (χ4v) is 4.13. The summed E-state index contributed by atoms with van der Waals surface area (Å²) in [6.07, 6.45) is 0.799. The van der Waals surface area contributed by atoms with Crippen molar-refractivity contribution in [3.8, 4) is 5.75 Å². The van der Waals surface area contributed by atoms with E-state index in [0.29, 0.717) is 18.8 Å². The molecule has 2 heterocycles. The smallest absolute Gasteiger partial charge is 0.260 e. The van der Waals surface area contributed by atoms with Gasteiger partial charge in [0.25, 0.3) is 5.91 Å². The molecule has 6 heteroatoms. The number of para-hydroxylation sites is 1. The number of aryl methyl sites for hydroxylation is 3. The maximum absolute atomic E-state index is 12.6. The van der Waals surface area contributed by atoms with Crippen molar-refractivity contribution in [1.82, 2.24) is 14.9 Å². The Morgan fingerprint density at radius 2 is 1.69 bits per heavy atom. The van der Waals surface area contributed by atoms with Gasteiger partial charge in [0.1, 0.15) is 17.4 Å². The topological polar surface area (TPSA) is 58.6 Å². The number of rotatable bonds is 6. The molecule has 1 aliphatic rings. The molecule has 0 spiro atoms.